The van der Waals surface area contributed by atoms with Crippen molar-refractivity contribution in [2.24, 2.45) is 5.92 Å². The summed E-state index contributed by atoms with van der Waals surface area (Å²) in [6, 6.07) is 1.96. The van der Waals surface area contributed by atoms with Crippen molar-refractivity contribution in [1.82, 2.24) is 4.98 Å². The summed E-state index contributed by atoms with van der Waals surface area (Å²) >= 11 is 0. The third kappa shape index (κ3) is 2.39. The number of nitrogen functional groups attached to an aromatic ring is 1. The van der Waals surface area contributed by atoms with E-state index in [0.717, 1.165) is 6.42 Å². The van der Waals surface area contributed by atoms with Gasteiger partial charge in [-0.1, -0.05) is 13.3 Å². The van der Waals surface area contributed by atoms with E-state index in [1.54, 1.807) is 12.3 Å². The zero-order valence-corrected chi connectivity index (χ0v) is 10.8. The van der Waals surface area contributed by atoms with Gasteiger partial charge in [0.25, 0.3) is 0 Å². The SMILES string of the molecule is COC(=O)c1ccnc(NC2CCCC2C)c1N. The van der Waals surface area contributed by atoms with Crippen LogP contribution in [-0.4, -0.2) is 24.1 Å². The number of nitrogens with one attached hydrogen (secondary N) is 1. The Balaban J connectivity index is 2.20. The Morgan fingerprint density at radius 2 is 2.33 bits per heavy atom. The van der Waals surface area contributed by atoms with Crippen LogP contribution in [0, 0.1) is 5.92 Å². The average Bonchev–Trinajstić information content (AvgIpc) is 2.77. The lowest BCUT2D eigenvalue weighted by Gasteiger charge is -2.19. The Kier molecular flexibility index (Phi) is 3.69. The standard InChI is InChI=1S/C13H19N3O2/c1-8-4-3-5-10(8)16-12-11(14)9(6-7-15-12)13(17)18-2/h6-8,10H,3-5,14H2,1-2H3,(H,15,16). The van der Waals surface area contributed by atoms with Gasteiger partial charge in [0, 0.05) is 12.2 Å². The van der Waals surface area contributed by atoms with Crippen LogP contribution in [-0.2, 0) is 4.74 Å². The molecule has 2 atom stereocenters. The maximum atomic E-state index is 11.5. The summed E-state index contributed by atoms with van der Waals surface area (Å²) in [5, 5.41) is 3.33. The Labute approximate surface area is 107 Å². The van der Waals surface area contributed by atoms with Crippen LogP contribution >= 0.6 is 0 Å². The fourth-order valence-corrected chi connectivity index (χ4v) is 2.41. The molecule has 5 nitrogen and oxygen atoms in total. The largest absolute Gasteiger partial charge is 0.465 e. The van der Waals surface area contributed by atoms with Gasteiger partial charge >= 0.3 is 5.97 Å². The number of ether oxygens (including phenoxy) is 1. The number of nitrogens with zero attached hydrogens (tertiary/aromatic N) is 1. The van der Waals surface area contributed by atoms with Crippen molar-refractivity contribution in [3.05, 3.63) is 17.8 Å². The number of carbonyl (C=O) groups excluding carboxylic acids is 1. The van der Waals surface area contributed by atoms with E-state index in [1.165, 1.54) is 20.0 Å². The predicted molar refractivity (Wildman–Crippen MR) is 70.4 cm³/mol. The van der Waals surface area contributed by atoms with Gasteiger partial charge in [0.05, 0.1) is 18.4 Å². The van der Waals surface area contributed by atoms with E-state index in [0.29, 0.717) is 29.0 Å². The fourth-order valence-electron chi connectivity index (χ4n) is 2.41. The Bertz CT molecular complexity index is 448. The first-order valence-electron chi connectivity index (χ1n) is 6.22. The van der Waals surface area contributed by atoms with Gasteiger partial charge in [-0.15, -0.1) is 0 Å². The molecule has 1 aliphatic rings. The molecule has 0 spiro atoms. The lowest BCUT2D eigenvalue weighted by Crippen LogP contribution is -2.23. The first-order valence-corrected chi connectivity index (χ1v) is 6.22. The van der Waals surface area contributed by atoms with E-state index in [-0.39, 0.29) is 0 Å². The smallest absolute Gasteiger partial charge is 0.340 e. The molecule has 1 fully saturated rings. The summed E-state index contributed by atoms with van der Waals surface area (Å²) < 4.78 is 4.69. The number of carbonyl (C=O) groups is 1. The summed E-state index contributed by atoms with van der Waals surface area (Å²) in [6.07, 6.45) is 5.12. The number of esters is 1. The van der Waals surface area contributed by atoms with Crippen LogP contribution in [0.5, 0.6) is 0 Å². The number of nitrogens with two attached hydrogens (primary N) is 1. The highest BCUT2D eigenvalue weighted by atomic mass is 16.5. The lowest BCUT2D eigenvalue weighted by molar-refractivity contribution is 0.0602. The number of hydrogen-bond acceptors (Lipinski definition) is 5. The zero-order valence-electron chi connectivity index (χ0n) is 10.8. The van der Waals surface area contributed by atoms with Crippen LogP contribution in [0.15, 0.2) is 12.3 Å². The van der Waals surface area contributed by atoms with E-state index >= 15 is 0 Å². The summed E-state index contributed by atoms with van der Waals surface area (Å²) in [5.74, 6) is 0.752. The minimum Gasteiger partial charge on any atom is -0.465 e. The van der Waals surface area contributed by atoms with Crippen LogP contribution in [0.3, 0.4) is 0 Å². The van der Waals surface area contributed by atoms with Crippen molar-refractivity contribution in [3.8, 4) is 0 Å². The van der Waals surface area contributed by atoms with Crippen LogP contribution in [0.4, 0.5) is 11.5 Å². The zero-order chi connectivity index (χ0) is 13.1. The quantitative estimate of drug-likeness (QED) is 0.802. The maximum Gasteiger partial charge on any atom is 0.340 e. The molecule has 0 radical (unpaired) electrons. The minimum absolute atomic E-state index is 0.362. The lowest BCUT2D eigenvalue weighted by atomic mass is 10.1. The minimum atomic E-state index is -0.433. The highest BCUT2D eigenvalue weighted by molar-refractivity contribution is 5.97. The molecule has 0 bridgehead atoms. The molecule has 0 saturated heterocycles. The molecule has 3 N–H and O–H groups in total. The number of anilines is 2. The van der Waals surface area contributed by atoms with E-state index < -0.39 is 5.97 Å². The number of hydrogen-bond donors (Lipinski definition) is 2. The maximum absolute atomic E-state index is 11.5. The molecular formula is C13H19N3O2. The molecule has 2 unspecified atom stereocenters. The van der Waals surface area contributed by atoms with Crippen LogP contribution in [0.25, 0.3) is 0 Å². The summed E-state index contributed by atoms with van der Waals surface area (Å²) in [4.78, 5) is 15.7. The summed E-state index contributed by atoms with van der Waals surface area (Å²) in [5.41, 5.74) is 6.68. The molecule has 2 rings (SSSR count). The molecule has 1 saturated carbocycles. The molecule has 0 aliphatic heterocycles. The topological polar surface area (TPSA) is 77.2 Å². The van der Waals surface area contributed by atoms with E-state index in [1.807, 2.05) is 0 Å². The highest BCUT2D eigenvalue weighted by Gasteiger charge is 2.24. The molecule has 1 heterocycles. The van der Waals surface area contributed by atoms with Crippen molar-refractivity contribution in [2.75, 3.05) is 18.2 Å². The summed E-state index contributed by atoms with van der Waals surface area (Å²) in [6.45, 7) is 2.21. The molecule has 1 aromatic heterocycles. The third-order valence-electron chi connectivity index (χ3n) is 3.58. The normalized spacial score (nSPS) is 22.8. The van der Waals surface area contributed by atoms with E-state index in [2.05, 4.69) is 22.0 Å². The van der Waals surface area contributed by atoms with Crippen LogP contribution in [0.1, 0.15) is 36.5 Å². The van der Waals surface area contributed by atoms with Gasteiger partial charge < -0.3 is 15.8 Å². The molecule has 5 heteroatoms. The van der Waals surface area contributed by atoms with Crippen LogP contribution in [0.2, 0.25) is 0 Å². The monoisotopic (exact) mass is 249 g/mol. The second-order valence-corrected chi connectivity index (χ2v) is 4.77. The number of methoxy groups -OCH3 is 1. The Morgan fingerprint density at radius 1 is 1.56 bits per heavy atom. The first-order chi connectivity index (χ1) is 8.63. The van der Waals surface area contributed by atoms with E-state index in [9.17, 15) is 4.79 Å². The number of rotatable bonds is 3. The van der Waals surface area contributed by atoms with Gasteiger partial charge in [-0.25, -0.2) is 9.78 Å². The van der Waals surface area contributed by atoms with Crippen molar-refractivity contribution in [3.63, 3.8) is 0 Å². The van der Waals surface area contributed by atoms with Gasteiger partial charge in [0.2, 0.25) is 0 Å². The highest BCUT2D eigenvalue weighted by Crippen LogP contribution is 2.30. The first kappa shape index (κ1) is 12.7. The Morgan fingerprint density at radius 3 is 2.94 bits per heavy atom. The molecule has 0 aromatic carbocycles. The van der Waals surface area contributed by atoms with Gasteiger partial charge in [-0.2, -0.15) is 0 Å². The molecule has 98 valence electrons. The van der Waals surface area contributed by atoms with E-state index in [4.69, 9.17) is 5.73 Å². The van der Waals surface area contributed by atoms with Crippen molar-refractivity contribution < 1.29 is 9.53 Å². The number of aromatic nitrogens is 1. The van der Waals surface area contributed by atoms with Gasteiger partial charge in [0.15, 0.2) is 0 Å². The van der Waals surface area contributed by atoms with Gasteiger partial charge in [-0.05, 0) is 24.8 Å². The van der Waals surface area contributed by atoms with Gasteiger partial charge in [0.1, 0.15) is 5.82 Å². The third-order valence-corrected chi connectivity index (χ3v) is 3.58. The average molecular weight is 249 g/mol. The fraction of sp³-hybridized carbons (Fsp3) is 0.538. The number of pyridine rings is 1. The van der Waals surface area contributed by atoms with Crippen LogP contribution < -0.4 is 11.1 Å². The molecule has 0 amide bonds. The second kappa shape index (κ2) is 5.25. The molecule has 18 heavy (non-hydrogen) atoms. The Hall–Kier alpha value is -1.78. The summed E-state index contributed by atoms with van der Waals surface area (Å²) in [7, 11) is 1.34. The van der Waals surface area contributed by atoms with Crippen molar-refractivity contribution in [1.29, 1.82) is 0 Å². The second-order valence-electron chi connectivity index (χ2n) is 4.77. The van der Waals surface area contributed by atoms with Crippen molar-refractivity contribution >= 4 is 17.5 Å². The molecule has 1 aliphatic carbocycles. The molecular weight excluding hydrogens is 230 g/mol. The van der Waals surface area contributed by atoms with Crippen molar-refractivity contribution in [2.45, 2.75) is 32.2 Å². The predicted octanol–water partition coefficient (Wildman–Crippen LogP) is 2.05. The molecule has 1 aromatic rings. The van der Waals surface area contributed by atoms with Gasteiger partial charge in [-0.3, -0.25) is 0 Å².